The van der Waals surface area contributed by atoms with Crippen molar-refractivity contribution in [3.63, 3.8) is 0 Å². The average Bonchev–Trinajstić information content (AvgIpc) is 2.91. The number of fused-ring (bicyclic) bond motifs is 1. The molecule has 3 aromatic rings. The number of para-hydroxylation sites is 1. The smallest absolute Gasteiger partial charge is 0.176 e. The van der Waals surface area contributed by atoms with Gasteiger partial charge in [-0.25, -0.2) is 0 Å². The van der Waals surface area contributed by atoms with E-state index in [0.717, 1.165) is 33.7 Å². The van der Waals surface area contributed by atoms with Gasteiger partial charge in [0.1, 0.15) is 11.5 Å². The van der Waals surface area contributed by atoms with Gasteiger partial charge < -0.3 is 19.6 Å². The number of hydrogen-bond donors (Lipinski definition) is 2. The fraction of sp³-hybridized carbons (Fsp3) is 0.176. The summed E-state index contributed by atoms with van der Waals surface area (Å²) in [4.78, 5) is 0. The first-order valence-electron chi connectivity index (χ1n) is 6.76. The maximum absolute atomic E-state index is 9.70. The first kappa shape index (κ1) is 13.4. The Morgan fingerprint density at radius 1 is 1.19 bits per heavy atom. The third kappa shape index (κ3) is 2.65. The van der Waals surface area contributed by atoms with Crippen molar-refractivity contribution in [3.05, 3.63) is 53.8 Å². The molecule has 0 saturated carbocycles. The molecule has 2 N–H and O–H groups in total. The Balaban J connectivity index is 1.80. The molecular formula is C17H17NO3. The number of ether oxygens (including phenoxy) is 1. The minimum atomic E-state index is 0.284. The number of anilines is 1. The molecule has 2 aromatic carbocycles. The highest BCUT2D eigenvalue weighted by Gasteiger charge is 2.08. The summed E-state index contributed by atoms with van der Waals surface area (Å²) in [5.41, 5.74) is 2.46. The van der Waals surface area contributed by atoms with Crippen LogP contribution < -0.4 is 10.1 Å². The van der Waals surface area contributed by atoms with Gasteiger partial charge in [0, 0.05) is 17.1 Å². The van der Waals surface area contributed by atoms with E-state index in [1.54, 1.807) is 13.2 Å². The molecule has 0 aliphatic rings. The van der Waals surface area contributed by atoms with Crippen LogP contribution >= 0.6 is 0 Å². The number of rotatable bonds is 4. The second-order valence-corrected chi connectivity index (χ2v) is 4.95. The van der Waals surface area contributed by atoms with Crippen molar-refractivity contribution < 1.29 is 14.3 Å². The maximum Gasteiger partial charge on any atom is 0.176 e. The van der Waals surface area contributed by atoms with Crippen LogP contribution in [0.1, 0.15) is 11.3 Å². The molecule has 21 heavy (non-hydrogen) atoms. The molecule has 0 spiro atoms. The molecule has 0 radical (unpaired) electrons. The van der Waals surface area contributed by atoms with Crippen molar-refractivity contribution in [2.45, 2.75) is 13.5 Å². The van der Waals surface area contributed by atoms with Gasteiger partial charge in [0.15, 0.2) is 11.3 Å². The number of aryl methyl sites for hydroxylation is 1. The van der Waals surface area contributed by atoms with E-state index in [1.807, 2.05) is 43.3 Å². The topological polar surface area (TPSA) is 54.6 Å². The van der Waals surface area contributed by atoms with Gasteiger partial charge in [-0.3, -0.25) is 0 Å². The average molecular weight is 283 g/mol. The first-order chi connectivity index (χ1) is 10.2. The van der Waals surface area contributed by atoms with E-state index in [0.29, 0.717) is 6.54 Å². The van der Waals surface area contributed by atoms with E-state index in [1.165, 1.54) is 0 Å². The number of aromatic hydroxyl groups is 1. The van der Waals surface area contributed by atoms with E-state index in [2.05, 4.69) is 5.32 Å². The van der Waals surface area contributed by atoms with Crippen molar-refractivity contribution in [3.8, 4) is 11.5 Å². The second-order valence-electron chi connectivity index (χ2n) is 4.95. The number of nitrogens with one attached hydrogen (secondary N) is 1. The summed E-state index contributed by atoms with van der Waals surface area (Å²) in [6.45, 7) is 2.41. The Labute approximate surface area is 123 Å². The fourth-order valence-corrected chi connectivity index (χ4v) is 2.25. The summed E-state index contributed by atoms with van der Waals surface area (Å²) in [7, 11) is 1.63. The van der Waals surface area contributed by atoms with Gasteiger partial charge in [-0.1, -0.05) is 18.2 Å². The van der Waals surface area contributed by atoms with Crippen molar-refractivity contribution in [2.75, 3.05) is 12.4 Å². The van der Waals surface area contributed by atoms with E-state index < -0.39 is 0 Å². The third-order valence-electron chi connectivity index (χ3n) is 3.45. The largest absolute Gasteiger partial charge is 0.508 e. The number of furan rings is 1. The van der Waals surface area contributed by atoms with E-state index >= 15 is 0 Å². The van der Waals surface area contributed by atoms with Crippen molar-refractivity contribution in [1.82, 2.24) is 0 Å². The molecule has 0 amide bonds. The number of phenolic OH excluding ortho intramolecular Hbond substituents is 1. The van der Waals surface area contributed by atoms with Gasteiger partial charge in [-0.05, 0) is 30.7 Å². The summed E-state index contributed by atoms with van der Waals surface area (Å²) in [5, 5.41) is 13.9. The van der Waals surface area contributed by atoms with Gasteiger partial charge in [-0.2, -0.15) is 0 Å². The molecule has 0 aliphatic carbocycles. The van der Waals surface area contributed by atoms with Crippen LogP contribution in [-0.4, -0.2) is 12.2 Å². The van der Waals surface area contributed by atoms with Crippen LogP contribution in [0.2, 0.25) is 0 Å². The Morgan fingerprint density at radius 3 is 2.81 bits per heavy atom. The van der Waals surface area contributed by atoms with Crippen molar-refractivity contribution in [2.24, 2.45) is 0 Å². The molecule has 108 valence electrons. The van der Waals surface area contributed by atoms with Crippen LogP contribution in [0.5, 0.6) is 11.5 Å². The predicted octanol–water partition coefficient (Wildman–Crippen LogP) is 4.07. The second kappa shape index (κ2) is 5.40. The molecule has 4 heteroatoms. The molecule has 0 atom stereocenters. The standard InChI is InChI=1S/C17H17NO3/c1-11-6-7-13(9-15(11)19)18-10-14-8-12-4-3-5-16(20-2)17(12)21-14/h3-9,18-19H,10H2,1-2H3. The van der Waals surface area contributed by atoms with Crippen LogP contribution in [0, 0.1) is 6.92 Å². The Bertz CT molecular complexity index is 777. The highest BCUT2D eigenvalue weighted by Crippen LogP contribution is 2.29. The minimum Gasteiger partial charge on any atom is -0.508 e. The zero-order valence-electron chi connectivity index (χ0n) is 12.0. The zero-order chi connectivity index (χ0) is 14.8. The quantitative estimate of drug-likeness (QED) is 0.758. The van der Waals surface area contributed by atoms with Crippen LogP contribution in [0.25, 0.3) is 11.0 Å². The van der Waals surface area contributed by atoms with E-state index in [-0.39, 0.29) is 5.75 Å². The molecule has 1 heterocycles. The monoisotopic (exact) mass is 283 g/mol. The Kier molecular flexibility index (Phi) is 3.44. The number of hydrogen-bond acceptors (Lipinski definition) is 4. The number of methoxy groups -OCH3 is 1. The van der Waals surface area contributed by atoms with Crippen LogP contribution in [-0.2, 0) is 6.54 Å². The van der Waals surface area contributed by atoms with Crippen molar-refractivity contribution >= 4 is 16.7 Å². The van der Waals surface area contributed by atoms with Gasteiger partial charge in [0.2, 0.25) is 0 Å². The summed E-state index contributed by atoms with van der Waals surface area (Å²) in [6.07, 6.45) is 0. The SMILES string of the molecule is COc1cccc2cc(CNc3ccc(C)c(O)c3)oc12. The van der Waals surface area contributed by atoms with E-state index in [4.69, 9.17) is 9.15 Å². The lowest BCUT2D eigenvalue weighted by Crippen LogP contribution is -1.97. The number of phenols is 1. The zero-order valence-corrected chi connectivity index (χ0v) is 12.0. The molecular weight excluding hydrogens is 266 g/mol. The highest BCUT2D eigenvalue weighted by atomic mass is 16.5. The van der Waals surface area contributed by atoms with Crippen LogP contribution in [0.3, 0.4) is 0 Å². The normalized spacial score (nSPS) is 10.8. The fourth-order valence-electron chi connectivity index (χ4n) is 2.25. The third-order valence-corrected chi connectivity index (χ3v) is 3.45. The summed E-state index contributed by atoms with van der Waals surface area (Å²) in [6, 6.07) is 13.3. The van der Waals surface area contributed by atoms with Crippen molar-refractivity contribution in [1.29, 1.82) is 0 Å². The highest BCUT2D eigenvalue weighted by molar-refractivity contribution is 5.83. The molecule has 0 aliphatic heterocycles. The number of benzene rings is 2. The Morgan fingerprint density at radius 2 is 2.05 bits per heavy atom. The summed E-state index contributed by atoms with van der Waals surface area (Å²) < 4.78 is 11.1. The lowest BCUT2D eigenvalue weighted by molar-refractivity contribution is 0.408. The van der Waals surface area contributed by atoms with Gasteiger partial charge in [0.05, 0.1) is 13.7 Å². The maximum atomic E-state index is 9.70. The van der Waals surface area contributed by atoms with Gasteiger partial charge in [-0.15, -0.1) is 0 Å². The molecule has 3 rings (SSSR count). The van der Waals surface area contributed by atoms with Gasteiger partial charge in [0.25, 0.3) is 0 Å². The molecule has 0 bridgehead atoms. The predicted molar refractivity (Wildman–Crippen MR) is 82.9 cm³/mol. The molecule has 4 nitrogen and oxygen atoms in total. The Hall–Kier alpha value is -2.62. The van der Waals surface area contributed by atoms with Crippen LogP contribution in [0.4, 0.5) is 5.69 Å². The van der Waals surface area contributed by atoms with E-state index in [9.17, 15) is 5.11 Å². The summed E-state index contributed by atoms with van der Waals surface area (Å²) >= 11 is 0. The van der Waals surface area contributed by atoms with Crippen LogP contribution in [0.15, 0.2) is 46.9 Å². The molecule has 0 saturated heterocycles. The molecule has 1 aromatic heterocycles. The minimum absolute atomic E-state index is 0.284. The first-order valence-corrected chi connectivity index (χ1v) is 6.76. The molecule has 0 fully saturated rings. The lowest BCUT2D eigenvalue weighted by atomic mass is 10.2. The van der Waals surface area contributed by atoms with Gasteiger partial charge >= 0.3 is 0 Å². The molecule has 0 unspecified atom stereocenters. The summed E-state index contributed by atoms with van der Waals surface area (Å²) in [5.74, 6) is 1.83. The lowest BCUT2D eigenvalue weighted by Gasteiger charge is -2.06.